The zero-order valence-corrected chi connectivity index (χ0v) is 15.2. The van der Waals surface area contributed by atoms with E-state index in [1.54, 1.807) is 19.0 Å². The Balaban J connectivity index is 1.45. The Morgan fingerprint density at radius 1 is 1.16 bits per heavy atom. The van der Waals surface area contributed by atoms with Crippen LogP contribution in [0.5, 0.6) is 0 Å². The van der Waals surface area contributed by atoms with Crippen LogP contribution in [0.15, 0.2) is 18.2 Å². The first-order valence-electron chi connectivity index (χ1n) is 9.27. The molecule has 2 aliphatic rings. The van der Waals surface area contributed by atoms with E-state index in [2.05, 4.69) is 23.5 Å². The summed E-state index contributed by atoms with van der Waals surface area (Å²) in [5.41, 5.74) is 3.92. The van der Waals surface area contributed by atoms with E-state index >= 15 is 0 Å². The van der Waals surface area contributed by atoms with E-state index in [1.807, 2.05) is 0 Å². The van der Waals surface area contributed by atoms with Crippen LogP contribution in [0, 0.1) is 0 Å². The third-order valence-electron chi connectivity index (χ3n) is 5.13. The van der Waals surface area contributed by atoms with Gasteiger partial charge in [0.05, 0.1) is 12.5 Å². The van der Waals surface area contributed by atoms with E-state index in [9.17, 15) is 9.59 Å². The normalized spacial score (nSPS) is 22.3. The van der Waals surface area contributed by atoms with Gasteiger partial charge >= 0.3 is 0 Å². The molecule has 136 valence electrons. The fraction of sp³-hybridized carbons (Fsp3) is 0.600. The quantitative estimate of drug-likeness (QED) is 0.887. The van der Waals surface area contributed by atoms with Gasteiger partial charge in [0.15, 0.2) is 0 Å². The van der Waals surface area contributed by atoms with E-state index < -0.39 is 0 Å². The van der Waals surface area contributed by atoms with E-state index in [0.29, 0.717) is 13.0 Å². The second-order valence-electron chi connectivity index (χ2n) is 7.35. The number of nitrogens with zero attached hydrogens (tertiary/aromatic N) is 1. The van der Waals surface area contributed by atoms with Gasteiger partial charge in [-0.1, -0.05) is 18.2 Å². The largest absolute Gasteiger partial charge is 0.363 e. The fourth-order valence-corrected chi connectivity index (χ4v) is 3.70. The van der Waals surface area contributed by atoms with Crippen molar-refractivity contribution in [3.8, 4) is 0 Å². The lowest BCUT2D eigenvalue weighted by atomic mass is 9.90. The molecule has 1 N–H and O–H groups in total. The number of nitrogens with one attached hydrogen (secondary N) is 1. The van der Waals surface area contributed by atoms with Crippen molar-refractivity contribution in [2.75, 3.05) is 20.6 Å². The van der Waals surface area contributed by atoms with Crippen LogP contribution in [-0.2, 0) is 33.6 Å². The highest BCUT2D eigenvalue weighted by molar-refractivity contribution is 5.81. The number of likely N-dealkylation sites (N-methyl/N-ethyl adjacent to an activating group) is 1. The molecule has 0 aromatic heterocycles. The highest BCUT2D eigenvalue weighted by atomic mass is 16.5. The standard InChI is InChI=1S/C20H28N2O3/c1-22(2)20(24)18-10-9-17(25-18)13-21-19(23)12-14-7-8-15-5-3-4-6-16(15)11-14/h7-8,11,17-18H,3-6,9-10,12-13H2,1-2H3,(H,21,23). The maximum Gasteiger partial charge on any atom is 0.251 e. The van der Waals surface area contributed by atoms with E-state index in [1.165, 1.54) is 24.0 Å². The maximum absolute atomic E-state index is 12.2. The molecule has 1 aliphatic carbocycles. The number of ether oxygens (including phenoxy) is 1. The Kier molecular flexibility index (Phi) is 5.74. The highest BCUT2D eigenvalue weighted by Crippen LogP contribution is 2.23. The van der Waals surface area contributed by atoms with Crippen LogP contribution in [0.3, 0.4) is 0 Å². The second-order valence-corrected chi connectivity index (χ2v) is 7.35. The van der Waals surface area contributed by atoms with Crippen molar-refractivity contribution in [2.24, 2.45) is 0 Å². The van der Waals surface area contributed by atoms with Gasteiger partial charge in [-0.05, 0) is 55.2 Å². The monoisotopic (exact) mass is 344 g/mol. The van der Waals surface area contributed by atoms with Crippen molar-refractivity contribution in [1.82, 2.24) is 10.2 Å². The summed E-state index contributed by atoms with van der Waals surface area (Å²) in [5, 5.41) is 2.95. The van der Waals surface area contributed by atoms with Gasteiger partial charge < -0.3 is 15.0 Å². The predicted molar refractivity (Wildman–Crippen MR) is 96.4 cm³/mol. The smallest absolute Gasteiger partial charge is 0.251 e. The van der Waals surface area contributed by atoms with E-state index in [0.717, 1.165) is 31.2 Å². The molecule has 0 radical (unpaired) electrons. The highest BCUT2D eigenvalue weighted by Gasteiger charge is 2.31. The molecule has 1 heterocycles. The van der Waals surface area contributed by atoms with Crippen molar-refractivity contribution in [3.05, 3.63) is 34.9 Å². The molecule has 2 unspecified atom stereocenters. The topological polar surface area (TPSA) is 58.6 Å². The molecular weight excluding hydrogens is 316 g/mol. The summed E-state index contributed by atoms with van der Waals surface area (Å²) in [6, 6.07) is 6.43. The molecule has 25 heavy (non-hydrogen) atoms. The lowest BCUT2D eigenvalue weighted by Crippen LogP contribution is -2.36. The van der Waals surface area contributed by atoms with Gasteiger partial charge in [0, 0.05) is 20.6 Å². The molecule has 1 fully saturated rings. The fourth-order valence-electron chi connectivity index (χ4n) is 3.70. The van der Waals surface area contributed by atoms with E-state index in [4.69, 9.17) is 4.74 Å². The summed E-state index contributed by atoms with van der Waals surface area (Å²) in [6.45, 7) is 0.473. The molecule has 0 bridgehead atoms. The Labute approximate surface area is 149 Å². The lowest BCUT2D eigenvalue weighted by Gasteiger charge is -2.18. The Bertz CT molecular complexity index is 642. The van der Waals surface area contributed by atoms with Gasteiger partial charge in [0.1, 0.15) is 6.10 Å². The zero-order valence-electron chi connectivity index (χ0n) is 15.2. The Morgan fingerprint density at radius 3 is 2.68 bits per heavy atom. The molecule has 1 saturated heterocycles. The third kappa shape index (κ3) is 4.60. The number of carbonyl (C=O) groups is 2. The third-order valence-corrected chi connectivity index (χ3v) is 5.13. The average Bonchev–Trinajstić information content (AvgIpc) is 3.08. The summed E-state index contributed by atoms with van der Waals surface area (Å²) in [5.74, 6) is 0.0182. The second kappa shape index (κ2) is 8.00. The average molecular weight is 344 g/mol. The number of amides is 2. The van der Waals surface area contributed by atoms with Crippen molar-refractivity contribution in [3.63, 3.8) is 0 Å². The lowest BCUT2D eigenvalue weighted by molar-refractivity contribution is -0.140. The minimum Gasteiger partial charge on any atom is -0.363 e. The first kappa shape index (κ1) is 17.9. The summed E-state index contributed by atoms with van der Waals surface area (Å²) in [7, 11) is 3.47. The molecule has 2 atom stereocenters. The van der Waals surface area contributed by atoms with Gasteiger partial charge in [0.2, 0.25) is 5.91 Å². The van der Waals surface area contributed by atoms with Crippen LogP contribution < -0.4 is 5.32 Å². The Morgan fingerprint density at radius 2 is 1.92 bits per heavy atom. The first-order chi connectivity index (χ1) is 12.0. The van der Waals surface area contributed by atoms with E-state index in [-0.39, 0.29) is 24.0 Å². The van der Waals surface area contributed by atoms with Crippen molar-refractivity contribution in [2.45, 2.75) is 57.2 Å². The summed E-state index contributed by atoms with van der Waals surface area (Å²) in [4.78, 5) is 25.7. The van der Waals surface area contributed by atoms with Crippen LogP contribution in [-0.4, -0.2) is 49.6 Å². The van der Waals surface area contributed by atoms with Crippen LogP contribution in [0.1, 0.15) is 42.4 Å². The van der Waals surface area contributed by atoms with Crippen molar-refractivity contribution >= 4 is 11.8 Å². The molecule has 1 aliphatic heterocycles. The van der Waals surface area contributed by atoms with Gasteiger partial charge in [-0.3, -0.25) is 9.59 Å². The number of carbonyl (C=O) groups excluding carboxylic acids is 2. The van der Waals surface area contributed by atoms with Gasteiger partial charge in [-0.25, -0.2) is 0 Å². The SMILES string of the molecule is CN(C)C(=O)C1CCC(CNC(=O)Cc2ccc3c(c2)CCCC3)O1. The molecule has 0 spiro atoms. The molecule has 5 nitrogen and oxygen atoms in total. The number of aryl methyl sites for hydroxylation is 2. The molecule has 1 aromatic carbocycles. The van der Waals surface area contributed by atoms with Crippen LogP contribution in [0.25, 0.3) is 0 Å². The minimum atomic E-state index is -0.363. The zero-order chi connectivity index (χ0) is 17.8. The number of hydrogen-bond acceptors (Lipinski definition) is 3. The summed E-state index contributed by atoms with van der Waals surface area (Å²) in [6.07, 6.45) is 6.31. The maximum atomic E-state index is 12.2. The van der Waals surface area contributed by atoms with Gasteiger partial charge in [-0.2, -0.15) is 0 Å². The molecule has 1 aromatic rings. The number of benzene rings is 1. The predicted octanol–water partition coefficient (Wildman–Crippen LogP) is 1.86. The molecular formula is C20H28N2O3. The van der Waals surface area contributed by atoms with Crippen molar-refractivity contribution < 1.29 is 14.3 Å². The Hall–Kier alpha value is -1.88. The van der Waals surface area contributed by atoms with Crippen LogP contribution in [0.2, 0.25) is 0 Å². The molecule has 2 amide bonds. The van der Waals surface area contributed by atoms with Crippen LogP contribution >= 0.6 is 0 Å². The molecule has 0 saturated carbocycles. The molecule has 3 rings (SSSR count). The summed E-state index contributed by atoms with van der Waals surface area (Å²) < 4.78 is 5.75. The van der Waals surface area contributed by atoms with Gasteiger partial charge in [0.25, 0.3) is 5.91 Å². The number of fused-ring (bicyclic) bond motifs is 1. The van der Waals surface area contributed by atoms with Crippen LogP contribution in [0.4, 0.5) is 0 Å². The van der Waals surface area contributed by atoms with Crippen molar-refractivity contribution in [1.29, 1.82) is 0 Å². The van der Waals surface area contributed by atoms with Gasteiger partial charge in [-0.15, -0.1) is 0 Å². The number of hydrogen-bond donors (Lipinski definition) is 1. The first-order valence-corrected chi connectivity index (χ1v) is 9.27. The summed E-state index contributed by atoms with van der Waals surface area (Å²) >= 11 is 0. The molecule has 5 heteroatoms. The minimum absolute atomic E-state index is 0.00267. The number of rotatable bonds is 5.